The number of aryl methyl sites for hydroxylation is 1. The molecule has 2 heterocycles. The third kappa shape index (κ3) is 3.35. The number of carbonyl (C=O) groups is 2. The quantitative estimate of drug-likeness (QED) is 0.259. The minimum absolute atomic E-state index is 0.145. The lowest BCUT2D eigenvalue weighted by Gasteiger charge is -2.69. The van der Waals surface area contributed by atoms with Gasteiger partial charge in [0, 0.05) is 11.5 Å². The average Bonchev–Trinajstić information content (AvgIpc) is 3.65. The second-order valence-electron chi connectivity index (χ2n) is 15.1. The molecule has 5 aliphatic carbocycles. The largest absolute Gasteiger partial charge is 0.449 e. The van der Waals surface area contributed by atoms with E-state index in [4.69, 9.17) is 15.2 Å². The molecule has 0 amide bonds. The van der Waals surface area contributed by atoms with Gasteiger partial charge in [-0.15, -0.1) is 0 Å². The van der Waals surface area contributed by atoms with Crippen LogP contribution < -0.4 is 5.73 Å². The Labute approximate surface area is 262 Å². The highest BCUT2D eigenvalue weighted by atomic mass is 16.6. The number of carbonyl (C=O) groups excluding carboxylic acids is 2. The summed E-state index contributed by atoms with van der Waals surface area (Å²) in [5.74, 6) is 2.25. The van der Waals surface area contributed by atoms with Crippen molar-refractivity contribution in [2.75, 3.05) is 6.54 Å². The highest BCUT2D eigenvalue weighted by Crippen LogP contribution is 2.84. The molecule has 8 rings (SSSR count). The van der Waals surface area contributed by atoms with Crippen molar-refractivity contribution in [3.8, 4) is 0 Å². The Bertz CT molecular complexity index is 1520. The number of esters is 2. The van der Waals surface area contributed by atoms with Crippen LogP contribution in [0.1, 0.15) is 99.5 Å². The van der Waals surface area contributed by atoms with Gasteiger partial charge in [-0.05, 0) is 111 Å². The fraction of sp³-hybridized carbons (Fsp3) is 0.590. The number of benzene rings is 1. The third-order valence-corrected chi connectivity index (χ3v) is 13.4. The maximum atomic E-state index is 14.4. The van der Waals surface area contributed by atoms with Crippen molar-refractivity contribution in [1.82, 2.24) is 0 Å². The number of nitrogens with two attached hydrogens (primary N) is 1. The molecule has 4 fully saturated rings. The molecule has 232 valence electrons. The first-order valence-corrected chi connectivity index (χ1v) is 17.4. The summed E-state index contributed by atoms with van der Waals surface area (Å²) in [7, 11) is 0. The molecule has 0 aromatic heterocycles. The summed E-state index contributed by atoms with van der Waals surface area (Å²) >= 11 is 0. The highest BCUT2D eigenvalue weighted by Gasteiger charge is 2.90. The lowest BCUT2D eigenvalue weighted by Crippen LogP contribution is -2.75. The summed E-state index contributed by atoms with van der Waals surface area (Å²) in [6.07, 6.45) is 27.0. The van der Waals surface area contributed by atoms with Crippen LogP contribution in [0.5, 0.6) is 0 Å². The van der Waals surface area contributed by atoms with E-state index in [2.05, 4.69) is 74.6 Å². The Hall–Kier alpha value is -2.92. The van der Waals surface area contributed by atoms with Crippen LogP contribution in [-0.2, 0) is 26.3 Å². The smallest absolute Gasteiger partial charge is 0.339 e. The van der Waals surface area contributed by atoms with Crippen LogP contribution in [0.3, 0.4) is 0 Å². The van der Waals surface area contributed by atoms with Crippen molar-refractivity contribution in [1.29, 1.82) is 0 Å². The average molecular weight is 594 g/mol. The van der Waals surface area contributed by atoms with Crippen molar-refractivity contribution in [2.45, 2.75) is 90.1 Å². The zero-order chi connectivity index (χ0) is 30.3. The first-order chi connectivity index (χ1) is 21.4. The summed E-state index contributed by atoms with van der Waals surface area (Å²) in [5.41, 5.74) is 6.35. The van der Waals surface area contributed by atoms with Gasteiger partial charge in [-0.1, -0.05) is 74.9 Å². The predicted molar refractivity (Wildman–Crippen MR) is 170 cm³/mol. The van der Waals surface area contributed by atoms with Gasteiger partial charge in [-0.25, -0.2) is 4.79 Å². The van der Waals surface area contributed by atoms with Crippen LogP contribution in [0.25, 0.3) is 0 Å². The van der Waals surface area contributed by atoms with Gasteiger partial charge in [0.1, 0.15) is 11.2 Å². The van der Waals surface area contributed by atoms with Gasteiger partial charge in [0.05, 0.1) is 11.0 Å². The zero-order valence-electron chi connectivity index (χ0n) is 26.4. The Kier molecular flexibility index (Phi) is 6.51. The van der Waals surface area contributed by atoms with Gasteiger partial charge in [-0.2, -0.15) is 0 Å². The van der Waals surface area contributed by atoms with E-state index >= 15 is 0 Å². The lowest BCUT2D eigenvalue weighted by molar-refractivity contribution is -0.273. The van der Waals surface area contributed by atoms with Gasteiger partial charge in [0.2, 0.25) is 0 Å². The van der Waals surface area contributed by atoms with Crippen LogP contribution in [0, 0.1) is 45.8 Å². The fourth-order valence-corrected chi connectivity index (χ4v) is 11.4. The summed E-state index contributed by atoms with van der Waals surface area (Å²) in [5, 5.41) is 0. The van der Waals surface area contributed by atoms with E-state index in [1.54, 1.807) is 0 Å². The van der Waals surface area contributed by atoms with Gasteiger partial charge < -0.3 is 15.2 Å². The maximum Gasteiger partial charge on any atom is 0.339 e. The van der Waals surface area contributed by atoms with Crippen LogP contribution in [0.15, 0.2) is 66.5 Å². The molecule has 0 bridgehead atoms. The molecule has 44 heavy (non-hydrogen) atoms. The molecule has 2 aliphatic heterocycles. The first kappa shape index (κ1) is 28.5. The normalized spacial score (nSPS) is 42.3. The first-order valence-electron chi connectivity index (χ1n) is 17.4. The van der Waals surface area contributed by atoms with Crippen molar-refractivity contribution in [3.63, 3.8) is 0 Å². The molecule has 5 nitrogen and oxygen atoms in total. The molecule has 1 aromatic carbocycles. The Morgan fingerprint density at radius 3 is 2.82 bits per heavy atom. The predicted octanol–water partition coefficient (Wildman–Crippen LogP) is 7.71. The lowest BCUT2D eigenvalue weighted by atomic mass is 9.31. The van der Waals surface area contributed by atoms with Crippen LogP contribution in [0.4, 0.5) is 0 Å². The van der Waals surface area contributed by atoms with Crippen LogP contribution in [-0.4, -0.2) is 18.5 Å². The fourth-order valence-electron chi connectivity index (χ4n) is 11.4. The maximum absolute atomic E-state index is 14.4. The molecule has 9 atom stereocenters. The summed E-state index contributed by atoms with van der Waals surface area (Å²) in [4.78, 5) is 28.4. The molecule has 2 N–H and O–H groups in total. The van der Waals surface area contributed by atoms with Gasteiger partial charge in [-0.3, -0.25) is 4.79 Å². The molecule has 2 spiro atoms. The molecule has 1 saturated heterocycles. The molecular weight excluding hydrogens is 546 g/mol. The van der Waals surface area contributed by atoms with Crippen molar-refractivity contribution in [2.24, 2.45) is 51.6 Å². The summed E-state index contributed by atoms with van der Waals surface area (Å²) < 4.78 is 13.4. The second-order valence-corrected chi connectivity index (χ2v) is 15.1. The Balaban J connectivity index is 1.28. The number of fused-ring (bicyclic) bond motifs is 2. The summed E-state index contributed by atoms with van der Waals surface area (Å²) in [6, 6.07) is 6.24. The molecular formula is C39H47NO4. The monoisotopic (exact) mass is 593 g/mol. The molecule has 7 aliphatic rings. The van der Waals surface area contributed by atoms with E-state index < -0.39 is 16.4 Å². The van der Waals surface area contributed by atoms with Gasteiger partial charge in [0.15, 0.2) is 5.60 Å². The van der Waals surface area contributed by atoms with E-state index in [-0.39, 0.29) is 23.3 Å². The highest BCUT2D eigenvalue weighted by molar-refractivity contribution is 5.99. The van der Waals surface area contributed by atoms with E-state index in [9.17, 15) is 9.59 Å². The third-order valence-electron chi connectivity index (χ3n) is 13.4. The van der Waals surface area contributed by atoms with Crippen molar-refractivity contribution < 1.29 is 19.1 Å². The Morgan fingerprint density at radius 2 is 1.98 bits per heavy atom. The Morgan fingerprint density at radius 1 is 1.11 bits per heavy atom. The van der Waals surface area contributed by atoms with Crippen LogP contribution >= 0.6 is 0 Å². The van der Waals surface area contributed by atoms with Crippen LogP contribution in [0.2, 0.25) is 0 Å². The number of rotatable bonds is 7. The van der Waals surface area contributed by atoms with E-state index in [0.29, 0.717) is 29.9 Å². The van der Waals surface area contributed by atoms with Gasteiger partial charge in [0.25, 0.3) is 0 Å². The van der Waals surface area contributed by atoms with Gasteiger partial charge >= 0.3 is 11.9 Å². The minimum Gasteiger partial charge on any atom is -0.449 e. The van der Waals surface area contributed by atoms with E-state index in [0.717, 1.165) is 74.2 Å². The topological polar surface area (TPSA) is 78.6 Å². The molecule has 3 saturated carbocycles. The standard InChI is InChI=1S/C39H47NO4/c1-3-25(2)22-31-37-19-6-7-20-38(37,39(31)30-13-8-10-27(11-9-21-40)33(30)34(41)44-39)32(43-35(37)42)23-26-14-15-29-17-16-28-12-4-5-18-36(28,29)24-26/h4-6,8,10,12-13,18-19,23,25-26,28-29,31H,3,7,9,11,14-17,20-22,24,40H2,1-2H3/t25-,26+,28+,29-,31+,36-,37-,38+,39-/m0/s1. The molecule has 0 radical (unpaired) electrons. The second kappa shape index (κ2) is 10.0. The SMILES string of the molecule is CC[C@H](C)C[C@@H]1[C@]23C=CCC[C@]2(C(=C[C@H]2CC[C@H]4CC[C@H]5C=CC=C[C@@]45C2)OC3=O)[C@@]12OC(=O)c1c(CCCN)cccc12. The molecule has 5 heteroatoms. The number of cyclic esters (lactones) is 1. The van der Waals surface area contributed by atoms with E-state index in [1.807, 2.05) is 0 Å². The summed E-state index contributed by atoms with van der Waals surface area (Å²) in [6.45, 7) is 5.03. The molecule has 1 aromatic rings. The number of hydrogen-bond donors (Lipinski definition) is 1. The minimum atomic E-state index is -0.914. The van der Waals surface area contributed by atoms with Crippen molar-refractivity contribution >= 4 is 11.9 Å². The zero-order valence-corrected chi connectivity index (χ0v) is 26.4. The molecule has 0 unspecified atom stereocenters. The number of allylic oxidation sites excluding steroid dienone is 6. The number of hydrogen-bond acceptors (Lipinski definition) is 5. The number of ether oxygens (including phenoxy) is 2. The van der Waals surface area contributed by atoms with E-state index in [1.165, 1.54) is 19.3 Å². The van der Waals surface area contributed by atoms with Crippen molar-refractivity contribution in [3.05, 3.63) is 83.2 Å².